The largest absolute Gasteiger partial charge is 0.479 e. The van der Waals surface area contributed by atoms with Crippen molar-refractivity contribution >= 4 is 23.6 Å². The summed E-state index contributed by atoms with van der Waals surface area (Å²) in [5.74, 6) is -0.220. The summed E-state index contributed by atoms with van der Waals surface area (Å²) < 4.78 is 1.43. The van der Waals surface area contributed by atoms with Crippen LogP contribution in [0.4, 0.5) is 0 Å². The first-order valence-electron chi connectivity index (χ1n) is 6.31. The molecule has 0 bridgehead atoms. The molecule has 0 aliphatic carbocycles. The fourth-order valence-corrected chi connectivity index (χ4v) is 3.41. The summed E-state index contributed by atoms with van der Waals surface area (Å²) in [6, 6.07) is 4.77. The van der Waals surface area contributed by atoms with E-state index in [1.807, 2.05) is 0 Å². The first-order chi connectivity index (χ1) is 9.53. The number of carbonyl (C=O) groups excluding carboxylic acids is 1. The van der Waals surface area contributed by atoms with E-state index in [1.54, 1.807) is 18.3 Å². The van der Waals surface area contributed by atoms with E-state index in [-0.39, 0.29) is 24.4 Å². The molecule has 1 aliphatic heterocycles. The summed E-state index contributed by atoms with van der Waals surface area (Å²) >= 11 is 1.52. The van der Waals surface area contributed by atoms with Crippen LogP contribution in [0.2, 0.25) is 0 Å². The van der Waals surface area contributed by atoms with E-state index in [1.165, 1.54) is 22.4 Å². The number of aromatic nitrogens is 1. The second kappa shape index (κ2) is 6.13. The number of amides is 1. The van der Waals surface area contributed by atoms with Crippen LogP contribution in [0.25, 0.3) is 0 Å². The molecular formula is C13H16N2O4S. The van der Waals surface area contributed by atoms with Gasteiger partial charge in [0.2, 0.25) is 5.91 Å². The predicted molar refractivity (Wildman–Crippen MR) is 75.8 cm³/mol. The van der Waals surface area contributed by atoms with E-state index in [4.69, 9.17) is 0 Å². The Morgan fingerprint density at radius 3 is 2.85 bits per heavy atom. The number of aryl methyl sites for hydroxylation is 1. The van der Waals surface area contributed by atoms with Crippen molar-refractivity contribution in [1.82, 2.24) is 9.88 Å². The normalized spacial score (nSPS) is 21.6. The SMILES string of the molecule is O=C(CCn1ccccc1=O)NC1(C(=O)O)CCSC1. The molecule has 1 aromatic heterocycles. The molecule has 1 unspecified atom stereocenters. The molecule has 1 aliphatic rings. The molecule has 0 aromatic carbocycles. The zero-order valence-electron chi connectivity index (χ0n) is 10.9. The second-order valence-electron chi connectivity index (χ2n) is 4.72. The van der Waals surface area contributed by atoms with E-state index in [0.29, 0.717) is 12.2 Å². The molecule has 2 heterocycles. The molecule has 1 atom stereocenters. The minimum absolute atomic E-state index is 0.0869. The number of carboxylic acid groups (broad SMARTS) is 1. The number of pyridine rings is 1. The lowest BCUT2D eigenvalue weighted by atomic mass is 9.99. The third-order valence-electron chi connectivity index (χ3n) is 3.29. The molecule has 1 aromatic rings. The van der Waals surface area contributed by atoms with E-state index in [0.717, 1.165) is 5.75 Å². The molecule has 108 valence electrons. The van der Waals surface area contributed by atoms with Crippen molar-refractivity contribution in [2.75, 3.05) is 11.5 Å². The highest BCUT2D eigenvalue weighted by atomic mass is 32.2. The molecular weight excluding hydrogens is 280 g/mol. The summed E-state index contributed by atoms with van der Waals surface area (Å²) in [7, 11) is 0. The fraction of sp³-hybridized carbons (Fsp3) is 0.462. The molecule has 0 radical (unpaired) electrons. The zero-order chi connectivity index (χ0) is 14.6. The summed E-state index contributed by atoms with van der Waals surface area (Å²) in [4.78, 5) is 34.7. The van der Waals surface area contributed by atoms with Crippen molar-refractivity contribution in [1.29, 1.82) is 0 Å². The Labute approximate surface area is 120 Å². The Bertz CT molecular complexity index is 563. The minimum atomic E-state index is -1.15. The van der Waals surface area contributed by atoms with Gasteiger partial charge in [0.25, 0.3) is 5.56 Å². The predicted octanol–water partition coefficient (Wildman–Crippen LogP) is 0.315. The van der Waals surface area contributed by atoms with Gasteiger partial charge in [-0.1, -0.05) is 6.07 Å². The maximum Gasteiger partial charge on any atom is 0.330 e. The van der Waals surface area contributed by atoms with E-state index in [2.05, 4.69) is 5.32 Å². The highest BCUT2D eigenvalue weighted by Crippen LogP contribution is 2.28. The van der Waals surface area contributed by atoms with Crippen molar-refractivity contribution in [3.8, 4) is 0 Å². The highest BCUT2D eigenvalue weighted by molar-refractivity contribution is 7.99. The molecule has 0 spiro atoms. The lowest BCUT2D eigenvalue weighted by Crippen LogP contribution is -2.54. The maximum absolute atomic E-state index is 11.9. The Morgan fingerprint density at radius 2 is 2.25 bits per heavy atom. The van der Waals surface area contributed by atoms with Gasteiger partial charge in [-0.15, -0.1) is 0 Å². The third-order valence-corrected chi connectivity index (χ3v) is 4.48. The van der Waals surface area contributed by atoms with Gasteiger partial charge in [-0.25, -0.2) is 4.79 Å². The summed E-state index contributed by atoms with van der Waals surface area (Å²) in [6.07, 6.45) is 2.13. The lowest BCUT2D eigenvalue weighted by molar-refractivity contribution is -0.146. The van der Waals surface area contributed by atoms with E-state index >= 15 is 0 Å². The van der Waals surface area contributed by atoms with Gasteiger partial charge in [0, 0.05) is 31.0 Å². The van der Waals surface area contributed by atoms with Gasteiger partial charge in [0.1, 0.15) is 5.54 Å². The van der Waals surface area contributed by atoms with Gasteiger partial charge in [-0.2, -0.15) is 11.8 Å². The Hall–Kier alpha value is -1.76. The Balaban J connectivity index is 1.94. The van der Waals surface area contributed by atoms with Crippen molar-refractivity contribution in [2.45, 2.75) is 24.9 Å². The van der Waals surface area contributed by atoms with Crippen molar-refractivity contribution < 1.29 is 14.7 Å². The average molecular weight is 296 g/mol. The molecule has 2 rings (SSSR count). The number of carbonyl (C=O) groups is 2. The van der Waals surface area contributed by atoms with Crippen LogP contribution in [-0.4, -0.2) is 38.6 Å². The average Bonchev–Trinajstić information content (AvgIpc) is 2.88. The first-order valence-corrected chi connectivity index (χ1v) is 7.47. The van der Waals surface area contributed by atoms with Gasteiger partial charge < -0.3 is 15.0 Å². The maximum atomic E-state index is 11.9. The molecule has 0 saturated carbocycles. The van der Waals surface area contributed by atoms with Gasteiger partial charge in [-0.05, 0) is 18.2 Å². The van der Waals surface area contributed by atoms with Crippen LogP contribution in [-0.2, 0) is 16.1 Å². The van der Waals surface area contributed by atoms with Gasteiger partial charge in [0.15, 0.2) is 0 Å². The number of hydrogen-bond acceptors (Lipinski definition) is 4. The highest BCUT2D eigenvalue weighted by Gasteiger charge is 2.43. The molecule has 6 nitrogen and oxygen atoms in total. The van der Waals surface area contributed by atoms with E-state index < -0.39 is 11.5 Å². The van der Waals surface area contributed by atoms with Crippen LogP contribution in [0.5, 0.6) is 0 Å². The molecule has 1 amide bonds. The molecule has 1 fully saturated rings. The van der Waals surface area contributed by atoms with Crippen LogP contribution in [0.3, 0.4) is 0 Å². The summed E-state index contributed by atoms with van der Waals surface area (Å²) in [5.41, 5.74) is -1.33. The Kier molecular flexibility index (Phi) is 4.49. The van der Waals surface area contributed by atoms with Crippen LogP contribution < -0.4 is 10.9 Å². The minimum Gasteiger partial charge on any atom is -0.479 e. The topological polar surface area (TPSA) is 88.4 Å². The lowest BCUT2D eigenvalue weighted by Gasteiger charge is -2.24. The van der Waals surface area contributed by atoms with Crippen molar-refractivity contribution in [3.05, 3.63) is 34.7 Å². The van der Waals surface area contributed by atoms with Crippen molar-refractivity contribution in [2.24, 2.45) is 0 Å². The molecule has 7 heteroatoms. The molecule has 20 heavy (non-hydrogen) atoms. The fourth-order valence-electron chi connectivity index (χ4n) is 2.08. The number of rotatable bonds is 5. The van der Waals surface area contributed by atoms with Crippen LogP contribution >= 0.6 is 11.8 Å². The van der Waals surface area contributed by atoms with Crippen LogP contribution in [0.1, 0.15) is 12.8 Å². The third kappa shape index (κ3) is 3.22. The van der Waals surface area contributed by atoms with Gasteiger partial charge in [0.05, 0.1) is 0 Å². The number of thioether (sulfide) groups is 1. The van der Waals surface area contributed by atoms with Gasteiger partial charge in [-0.3, -0.25) is 9.59 Å². The van der Waals surface area contributed by atoms with Crippen LogP contribution in [0, 0.1) is 0 Å². The van der Waals surface area contributed by atoms with Crippen LogP contribution in [0.15, 0.2) is 29.2 Å². The number of nitrogens with one attached hydrogen (secondary N) is 1. The number of nitrogens with zero attached hydrogens (tertiary/aromatic N) is 1. The Morgan fingerprint density at radius 1 is 1.45 bits per heavy atom. The first kappa shape index (κ1) is 14.6. The summed E-state index contributed by atoms with van der Waals surface area (Å²) in [6.45, 7) is 0.244. The molecule has 2 N–H and O–H groups in total. The zero-order valence-corrected chi connectivity index (χ0v) is 11.7. The van der Waals surface area contributed by atoms with Gasteiger partial charge >= 0.3 is 5.97 Å². The van der Waals surface area contributed by atoms with Crippen molar-refractivity contribution in [3.63, 3.8) is 0 Å². The number of aliphatic carboxylic acids is 1. The number of carboxylic acids is 1. The summed E-state index contributed by atoms with van der Waals surface area (Å²) in [5, 5.41) is 11.9. The smallest absolute Gasteiger partial charge is 0.330 e. The second-order valence-corrected chi connectivity index (χ2v) is 5.83. The standard InChI is InChI=1S/C13H16N2O4S/c16-10(4-7-15-6-2-1-3-11(15)17)14-13(12(18)19)5-8-20-9-13/h1-3,6H,4-5,7-9H2,(H,14,16)(H,18,19). The van der Waals surface area contributed by atoms with E-state index in [9.17, 15) is 19.5 Å². The quantitative estimate of drug-likeness (QED) is 0.816. The molecule has 1 saturated heterocycles. The monoisotopic (exact) mass is 296 g/mol. The number of hydrogen-bond donors (Lipinski definition) is 2.